The van der Waals surface area contributed by atoms with E-state index in [1.807, 2.05) is 25.1 Å². The Bertz CT molecular complexity index is 759. The molecule has 0 spiro atoms. The number of rotatable bonds is 4. The summed E-state index contributed by atoms with van der Waals surface area (Å²) in [6, 6.07) is 16.6. The zero-order valence-electron chi connectivity index (χ0n) is 12.1. The van der Waals surface area contributed by atoms with Gasteiger partial charge in [-0.15, -0.1) is 0 Å². The molecule has 3 rings (SSSR count). The van der Waals surface area contributed by atoms with Gasteiger partial charge in [0, 0.05) is 34.7 Å². The summed E-state index contributed by atoms with van der Waals surface area (Å²) in [7, 11) is 0. The van der Waals surface area contributed by atoms with Crippen molar-refractivity contribution < 1.29 is 0 Å². The molecule has 0 aliphatic carbocycles. The van der Waals surface area contributed by atoms with Crippen molar-refractivity contribution in [3.8, 4) is 0 Å². The number of fused-ring (bicyclic) bond motifs is 1. The normalized spacial score (nSPS) is 12.7. The van der Waals surface area contributed by atoms with Gasteiger partial charge in [-0.25, -0.2) is 0 Å². The summed E-state index contributed by atoms with van der Waals surface area (Å²) < 4.78 is 2.26. The first-order valence-electron chi connectivity index (χ1n) is 7.21. The van der Waals surface area contributed by atoms with Gasteiger partial charge in [0.1, 0.15) is 0 Å². The molecule has 0 amide bonds. The average Bonchev–Trinajstić information content (AvgIpc) is 2.79. The van der Waals surface area contributed by atoms with Crippen LogP contribution < -0.4 is 5.73 Å². The lowest BCUT2D eigenvalue weighted by molar-refractivity contribution is 0.735. The lowest BCUT2D eigenvalue weighted by Gasteiger charge is -2.07. The maximum Gasteiger partial charge on any atom is 0.0491 e. The van der Waals surface area contributed by atoms with E-state index in [1.165, 1.54) is 16.5 Å². The highest BCUT2D eigenvalue weighted by molar-refractivity contribution is 6.31. The van der Waals surface area contributed by atoms with Crippen LogP contribution in [0.4, 0.5) is 0 Å². The Balaban J connectivity index is 2.04. The monoisotopic (exact) mass is 298 g/mol. The van der Waals surface area contributed by atoms with Crippen molar-refractivity contribution in [3.63, 3.8) is 0 Å². The van der Waals surface area contributed by atoms with Crippen molar-refractivity contribution >= 4 is 22.5 Å². The number of aromatic nitrogens is 1. The molecule has 0 bridgehead atoms. The Morgan fingerprint density at radius 2 is 1.76 bits per heavy atom. The topological polar surface area (TPSA) is 30.9 Å². The van der Waals surface area contributed by atoms with Crippen molar-refractivity contribution in [1.82, 2.24) is 4.57 Å². The Morgan fingerprint density at radius 3 is 2.52 bits per heavy atom. The summed E-state index contributed by atoms with van der Waals surface area (Å²) in [6.07, 6.45) is 3.09. The van der Waals surface area contributed by atoms with Gasteiger partial charge in [-0.1, -0.05) is 48.0 Å². The molecule has 1 unspecified atom stereocenters. The van der Waals surface area contributed by atoms with Crippen LogP contribution in [-0.2, 0) is 13.0 Å². The molecule has 2 N–H and O–H groups in total. The number of nitrogens with zero attached hydrogens (tertiary/aromatic N) is 1. The minimum atomic E-state index is 0.157. The average molecular weight is 299 g/mol. The summed E-state index contributed by atoms with van der Waals surface area (Å²) >= 11 is 6.28. The van der Waals surface area contributed by atoms with Crippen LogP contribution in [-0.4, -0.2) is 10.6 Å². The molecule has 0 aliphatic heterocycles. The summed E-state index contributed by atoms with van der Waals surface area (Å²) in [5, 5.41) is 2.09. The molecule has 0 aliphatic rings. The van der Waals surface area contributed by atoms with Gasteiger partial charge in [-0.05, 0) is 36.6 Å². The van der Waals surface area contributed by atoms with Gasteiger partial charge in [0.2, 0.25) is 0 Å². The Hall–Kier alpha value is -1.77. The van der Waals surface area contributed by atoms with Crippen molar-refractivity contribution in [1.29, 1.82) is 0 Å². The zero-order valence-corrected chi connectivity index (χ0v) is 12.8. The van der Waals surface area contributed by atoms with E-state index in [0.29, 0.717) is 0 Å². The lowest BCUT2D eigenvalue weighted by Crippen LogP contribution is -2.17. The number of halogens is 1. The Morgan fingerprint density at radius 1 is 1.05 bits per heavy atom. The van der Waals surface area contributed by atoms with Crippen LogP contribution >= 0.6 is 11.6 Å². The second kappa shape index (κ2) is 5.92. The quantitative estimate of drug-likeness (QED) is 0.767. The third-order valence-electron chi connectivity index (χ3n) is 3.71. The molecule has 2 nitrogen and oxygen atoms in total. The van der Waals surface area contributed by atoms with Crippen LogP contribution in [0.15, 0.2) is 54.7 Å². The molecule has 0 fully saturated rings. The van der Waals surface area contributed by atoms with E-state index >= 15 is 0 Å². The largest absolute Gasteiger partial charge is 0.343 e. The van der Waals surface area contributed by atoms with Crippen LogP contribution in [0.2, 0.25) is 5.02 Å². The zero-order chi connectivity index (χ0) is 14.8. The van der Waals surface area contributed by atoms with E-state index in [9.17, 15) is 0 Å². The van der Waals surface area contributed by atoms with Gasteiger partial charge in [0.25, 0.3) is 0 Å². The molecule has 3 heteroatoms. The standard InChI is InChI=1S/C18H19ClN2/c1-13(20)10-15-12-21(18-9-5-3-7-16(15)18)11-14-6-2-4-8-17(14)19/h2-9,12-13H,10-11,20H2,1H3. The first kappa shape index (κ1) is 14.2. The summed E-state index contributed by atoms with van der Waals surface area (Å²) in [5.41, 5.74) is 9.63. The minimum absolute atomic E-state index is 0.157. The van der Waals surface area contributed by atoms with Crippen LogP contribution in [0.25, 0.3) is 10.9 Å². The van der Waals surface area contributed by atoms with Gasteiger partial charge in [0.15, 0.2) is 0 Å². The molecule has 0 saturated carbocycles. The number of benzene rings is 2. The fourth-order valence-electron chi connectivity index (χ4n) is 2.77. The smallest absolute Gasteiger partial charge is 0.0491 e. The fraction of sp³-hybridized carbons (Fsp3) is 0.222. The third kappa shape index (κ3) is 2.97. The van der Waals surface area contributed by atoms with Gasteiger partial charge < -0.3 is 10.3 Å². The van der Waals surface area contributed by atoms with Crippen molar-refractivity contribution in [2.75, 3.05) is 0 Å². The molecule has 2 aromatic carbocycles. The van der Waals surface area contributed by atoms with E-state index in [0.717, 1.165) is 23.6 Å². The highest BCUT2D eigenvalue weighted by Crippen LogP contribution is 2.25. The Labute approximate surface area is 130 Å². The molecular formula is C18H19ClN2. The summed E-state index contributed by atoms with van der Waals surface area (Å²) in [4.78, 5) is 0. The molecule has 0 radical (unpaired) electrons. The molecule has 1 aromatic heterocycles. The van der Waals surface area contributed by atoms with Gasteiger partial charge in [0.05, 0.1) is 0 Å². The van der Waals surface area contributed by atoms with E-state index in [-0.39, 0.29) is 6.04 Å². The van der Waals surface area contributed by atoms with Crippen LogP contribution in [0.3, 0.4) is 0 Å². The second-order valence-electron chi connectivity index (χ2n) is 5.57. The van der Waals surface area contributed by atoms with Crippen molar-refractivity contribution in [3.05, 3.63) is 70.9 Å². The number of nitrogens with two attached hydrogens (primary N) is 1. The number of hydrogen-bond acceptors (Lipinski definition) is 1. The predicted octanol–water partition coefficient (Wildman–Crippen LogP) is 4.23. The van der Waals surface area contributed by atoms with Gasteiger partial charge >= 0.3 is 0 Å². The first-order chi connectivity index (χ1) is 10.1. The van der Waals surface area contributed by atoms with Crippen molar-refractivity contribution in [2.24, 2.45) is 5.73 Å². The number of hydrogen-bond donors (Lipinski definition) is 1. The van der Waals surface area contributed by atoms with E-state index in [4.69, 9.17) is 17.3 Å². The highest BCUT2D eigenvalue weighted by atomic mass is 35.5. The summed E-state index contributed by atoms with van der Waals surface area (Å²) in [5.74, 6) is 0. The minimum Gasteiger partial charge on any atom is -0.343 e. The van der Waals surface area contributed by atoms with Crippen LogP contribution in [0, 0.1) is 0 Å². The SMILES string of the molecule is CC(N)Cc1cn(Cc2ccccc2Cl)c2ccccc12. The van der Waals surface area contributed by atoms with Crippen LogP contribution in [0.1, 0.15) is 18.1 Å². The highest BCUT2D eigenvalue weighted by Gasteiger charge is 2.10. The van der Waals surface area contributed by atoms with Gasteiger partial charge in [-0.3, -0.25) is 0 Å². The van der Waals surface area contributed by atoms with Crippen LogP contribution in [0.5, 0.6) is 0 Å². The number of para-hydroxylation sites is 1. The van der Waals surface area contributed by atoms with Gasteiger partial charge in [-0.2, -0.15) is 0 Å². The maximum atomic E-state index is 6.28. The fourth-order valence-corrected chi connectivity index (χ4v) is 2.97. The van der Waals surface area contributed by atoms with E-state index in [1.54, 1.807) is 0 Å². The second-order valence-corrected chi connectivity index (χ2v) is 5.98. The third-order valence-corrected chi connectivity index (χ3v) is 4.08. The predicted molar refractivity (Wildman–Crippen MR) is 89.8 cm³/mol. The lowest BCUT2D eigenvalue weighted by atomic mass is 10.1. The molecule has 21 heavy (non-hydrogen) atoms. The molecule has 1 heterocycles. The first-order valence-corrected chi connectivity index (χ1v) is 7.58. The maximum absolute atomic E-state index is 6.28. The van der Waals surface area contributed by atoms with E-state index < -0.39 is 0 Å². The molecule has 1 atom stereocenters. The Kier molecular flexibility index (Phi) is 4.00. The molecular weight excluding hydrogens is 280 g/mol. The summed E-state index contributed by atoms with van der Waals surface area (Å²) in [6.45, 7) is 2.82. The molecule has 0 saturated heterocycles. The molecule has 108 valence electrons. The van der Waals surface area contributed by atoms with Crippen molar-refractivity contribution in [2.45, 2.75) is 25.9 Å². The van der Waals surface area contributed by atoms with E-state index in [2.05, 4.69) is 41.1 Å². The molecule has 3 aromatic rings.